The van der Waals surface area contributed by atoms with Crippen molar-refractivity contribution in [2.45, 2.75) is 31.2 Å². The zero-order chi connectivity index (χ0) is 16.4. The first-order chi connectivity index (χ1) is 11.8. The third kappa shape index (κ3) is 3.11. The monoisotopic (exact) mass is 324 g/mol. The quantitative estimate of drug-likeness (QED) is 0.888. The van der Waals surface area contributed by atoms with Gasteiger partial charge in [-0.15, -0.1) is 0 Å². The van der Waals surface area contributed by atoms with Gasteiger partial charge in [0, 0.05) is 25.2 Å². The molecule has 1 saturated carbocycles. The topological polar surface area (TPSA) is 45.5 Å². The predicted molar refractivity (Wildman–Crippen MR) is 92.5 cm³/mol. The second-order valence-electron chi connectivity index (χ2n) is 7.18. The molecule has 2 heterocycles. The number of carbonyl (C=O) groups is 1. The van der Waals surface area contributed by atoms with Crippen molar-refractivity contribution in [3.05, 3.63) is 60.1 Å². The van der Waals surface area contributed by atoms with Crippen LogP contribution in [0, 0.1) is 5.92 Å². The molecule has 0 radical (unpaired) electrons. The highest BCUT2D eigenvalue weighted by Crippen LogP contribution is 2.48. The minimum Gasteiger partial charge on any atom is -0.472 e. The molecule has 2 aromatic rings. The fourth-order valence-electron chi connectivity index (χ4n) is 3.80. The van der Waals surface area contributed by atoms with Crippen molar-refractivity contribution in [2.75, 3.05) is 19.6 Å². The Kier molecular flexibility index (Phi) is 4.15. The molecule has 24 heavy (non-hydrogen) atoms. The Morgan fingerprint density at radius 2 is 2.08 bits per heavy atom. The normalized spacial score (nSPS) is 22.4. The fraction of sp³-hybridized carbons (Fsp3) is 0.450. The van der Waals surface area contributed by atoms with Crippen molar-refractivity contribution in [3.63, 3.8) is 0 Å². The second kappa shape index (κ2) is 6.44. The van der Waals surface area contributed by atoms with Crippen molar-refractivity contribution in [3.8, 4) is 0 Å². The van der Waals surface area contributed by atoms with Crippen LogP contribution < -0.4 is 5.32 Å². The summed E-state index contributed by atoms with van der Waals surface area (Å²) >= 11 is 0. The van der Waals surface area contributed by atoms with Crippen LogP contribution in [0.15, 0.2) is 53.3 Å². The number of hydrogen-bond acceptors (Lipinski definition) is 3. The number of furan rings is 1. The molecule has 126 valence electrons. The van der Waals surface area contributed by atoms with Gasteiger partial charge in [0.1, 0.15) is 0 Å². The van der Waals surface area contributed by atoms with Gasteiger partial charge in [-0.3, -0.25) is 9.69 Å². The summed E-state index contributed by atoms with van der Waals surface area (Å²) in [5.74, 6) is 0.759. The average Bonchev–Trinajstić information content (AvgIpc) is 3.04. The molecule has 0 bridgehead atoms. The lowest BCUT2D eigenvalue weighted by atomic mass is 9.95. The van der Waals surface area contributed by atoms with Gasteiger partial charge in [0.2, 0.25) is 5.91 Å². The Morgan fingerprint density at radius 3 is 2.79 bits per heavy atom. The van der Waals surface area contributed by atoms with Gasteiger partial charge in [-0.1, -0.05) is 30.3 Å². The SMILES string of the molecule is O=C(NCC1CCN(Cc2ccoc2)C1)C1(c2ccccc2)CC1. The molecular formula is C20H24N2O2. The van der Waals surface area contributed by atoms with Gasteiger partial charge in [0.15, 0.2) is 0 Å². The molecule has 2 fully saturated rings. The standard InChI is InChI=1S/C20H24N2O2/c23-19(20(8-9-20)18-4-2-1-3-5-18)21-12-16-6-10-22(13-16)14-17-7-11-24-15-17/h1-5,7,11,15-16H,6,8-10,12-14H2,(H,21,23). The van der Waals surface area contributed by atoms with Gasteiger partial charge in [0.25, 0.3) is 0 Å². The van der Waals surface area contributed by atoms with Crippen LogP contribution in [0.25, 0.3) is 0 Å². The third-order valence-corrected chi connectivity index (χ3v) is 5.42. The van der Waals surface area contributed by atoms with Crippen LogP contribution in [-0.4, -0.2) is 30.4 Å². The van der Waals surface area contributed by atoms with Gasteiger partial charge in [-0.25, -0.2) is 0 Å². The van der Waals surface area contributed by atoms with E-state index in [-0.39, 0.29) is 11.3 Å². The Hall–Kier alpha value is -2.07. The van der Waals surface area contributed by atoms with Gasteiger partial charge in [-0.05, 0) is 43.4 Å². The van der Waals surface area contributed by atoms with E-state index in [9.17, 15) is 4.79 Å². The number of likely N-dealkylation sites (tertiary alicyclic amines) is 1. The molecule has 4 rings (SSSR count). The van der Waals surface area contributed by atoms with Crippen molar-refractivity contribution in [1.82, 2.24) is 10.2 Å². The van der Waals surface area contributed by atoms with E-state index in [4.69, 9.17) is 4.42 Å². The lowest BCUT2D eigenvalue weighted by Gasteiger charge is -2.18. The van der Waals surface area contributed by atoms with E-state index < -0.39 is 0 Å². The van der Waals surface area contributed by atoms with E-state index in [1.54, 1.807) is 6.26 Å². The molecule has 1 aromatic heterocycles. The molecule has 4 heteroatoms. The third-order valence-electron chi connectivity index (χ3n) is 5.42. The largest absolute Gasteiger partial charge is 0.472 e. The van der Waals surface area contributed by atoms with E-state index >= 15 is 0 Å². The minimum absolute atomic E-state index is 0.210. The van der Waals surface area contributed by atoms with Gasteiger partial charge in [0.05, 0.1) is 17.9 Å². The first-order valence-electron chi connectivity index (χ1n) is 8.83. The summed E-state index contributed by atoms with van der Waals surface area (Å²) in [7, 11) is 0. The van der Waals surface area contributed by atoms with Gasteiger partial charge in [-0.2, -0.15) is 0 Å². The predicted octanol–water partition coefficient (Wildman–Crippen LogP) is 2.95. The first-order valence-corrected chi connectivity index (χ1v) is 8.83. The molecule has 1 N–H and O–H groups in total. The molecule has 1 aliphatic carbocycles. The van der Waals surface area contributed by atoms with E-state index in [0.29, 0.717) is 5.92 Å². The van der Waals surface area contributed by atoms with Crippen LogP contribution in [0.4, 0.5) is 0 Å². The van der Waals surface area contributed by atoms with E-state index in [0.717, 1.165) is 51.0 Å². The summed E-state index contributed by atoms with van der Waals surface area (Å²) in [6.07, 6.45) is 6.63. The molecule has 0 spiro atoms. The van der Waals surface area contributed by atoms with Crippen molar-refractivity contribution < 1.29 is 9.21 Å². The zero-order valence-corrected chi connectivity index (χ0v) is 13.9. The van der Waals surface area contributed by atoms with E-state index in [2.05, 4.69) is 22.3 Å². The van der Waals surface area contributed by atoms with Gasteiger partial charge < -0.3 is 9.73 Å². The summed E-state index contributed by atoms with van der Waals surface area (Å²) in [6, 6.07) is 12.2. The smallest absolute Gasteiger partial charge is 0.230 e. The maximum Gasteiger partial charge on any atom is 0.230 e. The number of hydrogen-bond donors (Lipinski definition) is 1. The number of nitrogens with zero attached hydrogens (tertiary/aromatic N) is 1. The average molecular weight is 324 g/mol. The van der Waals surface area contributed by atoms with Crippen LogP contribution >= 0.6 is 0 Å². The Bertz CT molecular complexity index is 677. The van der Waals surface area contributed by atoms with Crippen LogP contribution in [0.1, 0.15) is 30.4 Å². The van der Waals surface area contributed by atoms with Crippen molar-refractivity contribution in [2.24, 2.45) is 5.92 Å². The molecule has 1 amide bonds. The number of amides is 1. The molecular weight excluding hydrogens is 300 g/mol. The van der Waals surface area contributed by atoms with Crippen molar-refractivity contribution in [1.29, 1.82) is 0 Å². The number of nitrogens with one attached hydrogen (secondary N) is 1. The summed E-state index contributed by atoms with van der Waals surface area (Å²) in [4.78, 5) is 15.1. The number of rotatable bonds is 6. The summed E-state index contributed by atoms with van der Waals surface area (Å²) in [5, 5.41) is 3.22. The van der Waals surface area contributed by atoms with Crippen LogP contribution in [0.2, 0.25) is 0 Å². The van der Waals surface area contributed by atoms with Gasteiger partial charge >= 0.3 is 0 Å². The van der Waals surface area contributed by atoms with E-state index in [1.807, 2.05) is 30.5 Å². The maximum absolute atomic E-state index is 12.7. The lowest BCUT2D eigenvalue weighted by molar-refractivity contribution is -0.123. The highest BCUT2D eigenvalue weighted by Gasteiger charge is 2.51. The fourth-order valence-corrected chi connectivity index (χ4v) is 3.80. The highest BCUT2D eigenvalue weighted by atomic mass is 16.3. The molecule has 1 atom stereocenters. The Morgan fingerprint density at radius 1 is 1.25 bits per heavy atom. The van der Waals surface area contributed by atoms with Crippen LogP contribution in [0.3, 0.4) is 0 Å². The number of carbonyl (C=O) groups excluding carboxylic acids is 1. The highest BCUT2D eigenvalue weighted by molar-refractivity contribution is 5.91. The van der Waals surface area contributed by atoms with Crippen LogP contribution in [0.5, 0.6) is 0 Å². The first kappa shape index (κ1) is 15.5. The number of benzene rings is 1. The van der Waals surface area contributed by atoms with E-state index in [1.165, 1.54) is 5.56 Å². The molecule has 1 aromatic carbocycles. The molecule has 1 saturated heterocycles. The second-order valence-corrected chi connectivity index (χ2v) is 7.18. The molecule has 2 aliphatic rings. The minimum atomic E-state index is -0.254. The summed E-state index contributed by atoms with van der Waals surface area (Å²) < 4.78 is 5.13. The lowest BCUT2D eigenvalue weighted by Crippen LogP contribution is -2.38. The van der Waals surface area contributed by atoms with Crippen LogP contribution in [-0.2, 0) is 16.8 Å². The Labute approximate surface area is 142 Å². The zero-order valence-electron chi connectivity index (χ0n) is 13.9. The van der Waals surface area contributed by atoms with Crippen molar-refractivity contribution >= 4 is 5.91 Å². The molecule has 1 aliphatic heterocycles. The maximum atomic E-state index is 12.7. The summed E-state index contributed by atoms with van der Waals surface area (Å²) in [6.45, 7) is 3.86. The molecule has 1 unspecified atom stereocenters. The summed E-state index contributed by atoms with van der Waals surface area (Å²) in [5.41, 5.74) is 2.13. The molecule has 4 nitrogen and oxygen atoms in total. The Balaban J connectivity index is 1.28.